The van der Waals surface area contributed by atoms with E-state index in [1.54, 1.807) is 36.5 Å². The number of aromatic nitrogens is 3. The molecule has 3 heterocycles. The molecule has 1 spiro atoms. The van der Waals surface area contributed by atoms with Gasteiger partial charge in [-0.05, 0) is 60.4 Å². The minimum Gasteiger partial charge on any atom is -0.325 e. The summed E-state index contributed by atoms with van der Waals surface area (Å²) in [6, 6.07) is 18.1. The molecule has 0 saturated carbocycles. The minimum absolute atomic E-state index is 0.170. The molecule has 1 saturated heterocycles. The summed E-state index contributed by atoms with van der Waals surface area (Å²) in [7, 11) is 0. The predicted molar refractivity (Wildman–Crippen MR) is 128 cm³/mol. The fourth-order valence-corrected chi connectivity index (χ4v) is 5.22. The highest BCUT2D eigenvalue weighted by molar-refractivity contribution is 6.06. The molecule has 1 unspecified atom stereocenters. The zero-order valence-electron chi connectivity index (χ0n) is 18.7. The van der Waals surface area contributed by atoms with E-state index in [0.29, 0.717) is 35.4 Å². The number of nitrogens with zero attached hydrogens (tertiary/aromatic N) is 3. The molecule has 2 N–H and O–H groups in total. The van der Waals surface area contributed by atoms with Crippen LogP contribution in [0.15, 0.2) is 71.7 Å². The maximum absolute atomic E-state index is 13.3. The van der Waals surface area contributed by atoms with Crippen LogP contribution in [0, 0.1) is 5.41 Å². The number of imidazole rings is 1. The minimum atomic E-state index is -0.720. The van der Waals surface area contributed by atoms with Gasteiger partial charge in [-0.3, -0.25) is 24.3 Å². The second-order valence-electron chi connectivity index (χ2n) is 9.10. The van der Waals surface area contributed by atoms with Crippen LogP contribution in [0.25, 0.3) is 16.9 Å². The fraction of sp³-hybridized carbons (Fsp3) is 0.192. The maximum Gasteiger partial charge on any atom is 0.335 e. The molecule has 174 valence electrons. The number of benzene rings is 2. The second kappa shape index (κ2) is 7.76. The van der Waals surface area contributed by atoms with Crippen molar-refractivity contribution in [2.45, 2.75) is 25.8 Å². The van der Waals surface area contributed by atoms with E-state index in [4.69, 9.17) is 0 Å². The summed E-state index contributed by atoms with van der Waals surface area (Å²) >= 11 is 0. The summed E-state index contributed by atoms with van der Waals surface area (Å²) in [5, 5.41) is 5.27. The van der Waals surface area contributed by atoms with Crippen LogP contribution < -0.4 is 16.3 Å². The number of amides is 3. The van der Waals surface area contributed by atoms with Gasteiger partial charge in [-0.1, -0.05) is 24.3 Å². The lowest BCUT2D eigenvalue weighted by atomic mass is 9.83. The van der Waals surface area contributed by atoms with Gasteiger partial charge in [-0.15, -0.1) is 0 Å². The topological polar surface area (TPSA) is 115 Å². The number of rotatable bonds is 4. The first-order valence-electron chi connectivity index (χ1n) is 11.3. The summed E-state index contributed by atoms with van der Waals surface area (Å²) in [5.41, 5.74) is 2.74. The third-order valence-corrected chi connectivity index (χ3v) is 6.80. The molecule has 3 amide bonds. The Labute approximate surface area is 199 Å². The van der Waals surface area contributed by atoms with Crippen LogP contribution in [-0.2, 0) is 33.8 Å². The van der Waals surface area contributed by atoms with E-state index in [1.807, 2.05) is 30.3 Å². The van der Waals surface area contributed by atoms with Gasteiger partial charge in [-0.2, -0.15) is 0 Å². The number of carbonyl (C=O) groups is 3. The molecule has 1 aliphatic carbocycles. The van der Waals surface area contributed by atoms with Gasteiger partial charge in [-0.25, -0.2) is 14.3 Å². The molecule has 9 nitrogen and oxygen atoms in total. The Balaban J connectivity index is 1.26. The van der Waals surface area contributed by atoms with Crippen molar-refractivity contribution in [2.75, 3.05) is 5.32 Å². The Morgan fingerprint density at radius 3 is 2.46 bits per heavy atom. The summed E-state index contributed by atoms with van der Waals surface area (Å²) in [6.07, 6.45) is 2.77. The molecule has 0 bridgehead atoms. The van der Waals surface area contributed by atoms with Crippen LogP contribution in [-0.4, -0.2) is 31.8 Å². The number of anilines is 1. The number of fused-ring (bicyclic) bond motifs is 2. The van der Waals surface area contributed by atoms with Gasteiger partial charge in [0.25, 0.3) is 0 Å². The van der Waals surface area contributed by atoms with E-state index in [-0.39, 0.29) is 36.4 Å². The van der Waals surface area contributed by atoms with Crippen molar-refractivity contribution in [3.63, 3.8) is 0 Å². The van der Waals surface area contributed by atoms with Crippen LogP contribution in [0.2, 0.25) is 0 Å². The van der Waals surface area contributed by atoms with Gasteiger partial charge >= 0.3 is 5.69 Å². The van der Waals surface area contributed by atoms with Crippen molar-refractivity contribution >= 4 is 34.4 Å². The molecular formula is C26H21N5O4. The van der Waals surface area contributed by atoms with E-state index < -0.39 is 5.41 Å². The zero-order valence-corrected chi connectivity index (χ0v) is 18.7. The first-order valence-corrected chi connectivity index (χ1v) is 11.3. The van der Waals surface area contributed by atoms with Crippen LogP contribution in [0.4, 0.5) is 5.69 Å². The Hall–Kier alpha value is -4.53. The third kappa shape index (κ3) is 3.43. The van der Waals surface area contributed by atoms with Crippen molar-refractivity contribution < 1.29 is 14.4 Å². The van der Waals surface area contributed by atoms with E-state index in [2.05, 4.69) is 15.6 Å². The lowest BCUT2D eigenvalue weighted by molar-refractivity contribution is -0.128. The number of pyridine rings is 1. The van der Waals surface area contributed by atoms with E-state index in [1.165, 1.54) is 9.13 Å². The molecule has 2 aromatic carbocycles. The molecule has 1 aliphatic heterocycles. The SMILES string of the molecule is O=C1CC2(Cc3ccc(NC(=O)Cn4c(=O)n(-c5ccccn5)c5ccccc54)cc3C2)C(=O)N1. The highest BCUT2D eigenvalue weighted by Gasteiger charge is 2.50. The van der Waals surface area contributed by atoms with Crippen molar-refractivity contribution in [3.8, 4) is 5.82 Å². The lowest BCUT2D eigenvalue weighted by Gasteiger charge is -2.16. The Kier molecular flexibility index (Phi) is 4.67. The van der Waals surface area contributed by atoms with Crippen molar-refractivity contribution in [1.29, 1.82) is 0 Å². The molecule has 4 aromatic rings. The van der Waals surface area contributed by atoms with Gasteiger partial charge in [0.05, 0.1) is 16.4 Å². The quantitative estimate of drug-likeness (QED) is 0.445. The number of hydrogen-bond donors (Lipinski definition) is 2. The highest BCUT2D eigenvalue weighted by Crippen LogP contribution is 2.43. The van der Waals surface area contributed by atoms with Crippen LogP contribution in [0.5, 0.6) is 0 Å². The fourth-order valence-electron chi connectivity index (χ4n) is 5.22. The van der Waals surface area contributed by atoms with Crippen LogP contribution in [0.1, 0.15) is 17.5 Å². The average Bonchev–Trinajstić information content (AvgIpc) is 3.44. The lowest BCUT2D eigenvalue weighted by Crippen LogP contribution is -2.32. The smallest absolute Gasteiger partial charge is 0.325 e. The zero-order chi connectivity index (χ0) is 24.2. The van der Waals surface area contributed by atoms with Crippen molar-refractivity contribution in [1.82, 2.24) is 19.4 Å². The van der Waals surface area contributed by atoms with Gasteiger partial charge in [0.1, 0.15) is 12.4 Å². The van der Waals surface area contributed by atoms with E-state index in [0.717, 1.165) is 11.1 Å². The van der Waals surface area contributed by atoms with Gasteiger partial charge < -0.3 is 5.32 Å². The Bertz CT molecular complexity index is 1590. The van der Waals surface area contributed by atoms with E-state index in [9.17, 15) is 19.2 Å². The molecule has 35 heavy (non-hydrogen) atoms. The molecule has 2 aliphatic rings. The molecule has 2 aromatic heterocycles. The van der Waals surface area contributed by atoms with Crippen molar-refractivity contribution in [2.24, 2.45) is 5.41 Å². The largest absolute Gasteiger partial charge is 0.335 e. The highest BCUT2D eigenvalue weighted by atomic mass is 16.2. The maximum atomic E-state index is 13.3. The second-order valence-corrected chi connectivity index (χ2v) is 9.10. The predicted octanol–water partition coefficient (Wildman–Crippen LogP) is 1.96. The average molecular weight is 467 g/mol. The summed E-state index contributed by atoms with van der Waals surface area (Å²) in [5.74, 6) is -0.341. The molecule has 1 atom stereocenters. The van der Waals surface area contributed by atoms with Crippen molar-refractivity contribution in [3.05, 3.63) is 88.5 Å². The number of nitrogens with one attached hydrogen (secondary N) is 2. The summed E-state index contributed by atoms with van der Waals surface area (Å²) in [6.45, 7) is -0.170. The standard InChI is InChI=1S/C26H21N5O4/c32-22-14-26(24(34)29-22)12-16-8-9-18(11-17(16)13-26)28-23(33)15-30-19-5-1-2-6-20(19)31(25(30)35)21-7-3-4-10-27-21/h1-11H,12-15H2,(H,28,33)(H,29,32,34). The van der Waals surface area contributed by atoms with Gasteiger partial charge in [0.15, 0.2) is 0 Å². The van der Waals surface area contributed by atoms with Gasteiger partial charge in [0.2, 0.25) is 17.7 Å². The Morgan fingerprint density at radius 1 is 0.943 bits per heavy atom. The number of para-hydroxylation sites is 2. The summed E-state index contributed by atoms with van der Waals surface area (Å²) in [4.78, 5) is 54.6. The van der Waals surface area contributed by atoms with Crippen LogP contribution in [0.3, 0.4) is 0 Å². The molecular weight excluding hydrogens is 446 g/mol. The molecule has 9 heteroatoms. The first kappa shape index (κ1) is 21.0. The number of carbonyl (C=O) groups excluding carboxylic acids is 3. The van der Waals surface area contributed by atoms with E-state index >= 15 is 0 Å². The Morgan fingerprint density at radius 2 is 1.71 bits per heavy atom. The number of hydrogen-bond acceptors (Lipinski definition) is 5. The first-order chi connectivity index (χ1) is 16.9. The molecule has 1 fully saturated rings. The summed E-state index contributed by atoms with van der Waals surface area (Å²) < 4.78 is 2.92. The molecule has 0 radical (unpaired) electrons. The normalized spacial score (nSPS) is 18.7. The third-order valence-electron chi connectivity index (χ3n) is 6.80. The monoisotopic (exact) mass is 467 g/mol. The van der Waals surface area contributed by atoms with Gasteiger partial charge in [0, 0.05) is 18.3 Å². The molecule has 6 rings (SSSR count). The van der Waals surface area contributed by atoms with Crippen LogP contribution >= 0.6 is 0 Å². The number of imide groups is 1.